The van der Waals surface area contributed by atoms with E-state index in [1.165, 1.54) is 36.4 Å². The molecule has 0 radical (unpaired) electrons. The zero-order chi connectivity index (χ0) is 38.2. The molecule has 0 spiro atoms. The average Bonchev–Trinajstić information content (AvgIpc) is 3.90. The van der Waals surface area contributed by atoms with Crippen LogP contribution in [0.1, 0.15) is 34.3 Å². The van der Waals surface area contributed by atoms with Crippen molar-refractivity contribution in [3.05, 3.63) is 94.5 Å². The number of ether oxygens (including phenoxy) is 1. The monoisotopic (exact) mass is 754 g/mol. The summed E-state index contributed by atoms with van der Waals surface area (Å²) in [4.78, 5) is 64.9. The lowest BCUT2D eigenvalue weighted by atomic mass is 10.1. The maximum atomic E-state index is 12.9. The lowest BCUT2D eigenvalue weighted by Crippen LogP contribution is -2.40. The highest BCUT2D eigenvalue weighted by atomic mass is 35.5. The number of anilines is 4. The normalized spacial score (nSPS) is 13.4. The number of nitrogens with one attached hydrogen (secondary N) is 4. The van der Waals surface area contributed by atoms with Gasteiger partial charge in [0.15, 0.2) is 6.61 Å². The van der Waals surface area contributed by atoms with Gasteiger partial charge in [-0.05, 0) is 78.9 Å². The molecule has 1 fully saturated rings. The molecule has 0 bridgehead atoms. The molecule has 1 aliphatic rings. The fourth-order valence-electron chi connectivity index (χ4n) is 4.76. The minimum absolute atomic E-state index is 0.0582. The van der Waals surface area contributed by atoms with Crippen LogP contribution in [0.5, 0.6) is 6.01 Å². The van der Waals surface area contributed by atoms with Crippen molar-refractivity contribution in [2.75, 3.05) is 35.7 Å². The second kappa shape index (κ2) is 16.5. The Morgan fingerprint density at radius 3 is 2.11 bits per heavy atom. The van der Waals surface area contributed by atoms with Gasteiger partial charge in [-0.15, -0.1) is 0 Å². The van der Waals surface area contributed by atoms with Gasteiger partial charge in [0.2, 0.25) is 11.9 Å². The molecule has 6 N–H and O–H groups in total. The first kappa shape index (κ1) is 38.1. The van der Waals surface area contributed by atoms with E-state index in [0.717, 1.165) is 11.1 Å². The third kappa shape index (κ3) is 10.9. The van der Waals surface area contributed by atoms with Gasteiger partial charge in [-0.25, -0.2) is 9.79 Å². The smallest absolute Gasteiger partial charge is 0.422 e. The average molecular weight is 755 g/mol. The van der Waals surface area contributed by atoms with E-state index in [4.69, 9.17) is 21.4 Å². The first-order valence-corrected chi connectivity index (χ1v) is 16.1. The van der Waals surface area contributed by atoms with Gasteiger partial charge in [0.1, 0.15) is 5.71 Å². The van der Waals surface area contributed by atoms with E-state index in [1.807, 2.05) is 12.1 Å². The second-order valence-corrected chi connectivity index (χ2v) is 12.0. The number of aliphatic hydroxyl groups is 1. The number of benzene rings is 3. The van der Waals surface area contributed by atoms with Crippen LogP contribution in [0.15, 0.2) is 77.8 Å². The number of aliphatic hydroxyl groups excluding tert-OH is 1. The van der Waals surface area contributed by atoms with Crippen molar-refractivity contribution < 1.29 is 47.3 Å². The van der Waals surface area contributed by atoms with Gasteiger partial charge in [0, 0.05) is 28.6 Å². The van der Waals surface area contributed by atoms with E-state index in [1.54, 1.807) is 24.3 Å². The Bertz CT molecular complexity index is 2010. The molecule has 0 atom stereocenters. The Morgan fingerprint density at radius 1 is 0.868 bits per heavy atom. The molecule has 1 aliphatic carbocycles. The molecular weight excluding hydrogens is 725 g/mol. The zero-order valence-electron chi connectivity index (χ0n) is 27.4. The van der Waals surface area contributed by atoms with E-state index in [-0.39, 0.29) is 35.4 Å². The Balaban J connectivity index is 1.24. The van der Waals surface area contributed by atoms with Crippen LogP contribution in [0.2, 0.25) is 5.02 Å². The number of nitrogens with zero attached hydrogens (tertiary/aromatic N) is 4. The molecule has 4 aromatic rings. The number of halogens is 4. The Hall–Kier alpha value is -6.14. The molecule has 3 amide bonds. The zero-order valence-corrected chi connectivity index (χ0v) is 28.2. The van der Waals surface area contributed by atoms with Gasteiger partial charge < -0.3 is 36.2 Å². The van der Waals surface area contributed by atoms with E-state index < -0.39 is 60.3 Å². The van der Waals surface area contributed by atoms with E-state index in [2.05, 4.69) is 41.2 Å². The van der Waals surface area contributed by atoms with Crippen molar-refractivity contribution in [2.45, 2.75) is 31.0 Å². The number of aliphatic imine (C=N–C) groups is 1. The first-order valence-electron chi connectivity index (χ1n) is 15.7. The summed E-state index contributed by atoms with van der Waals surface area (Å²) >= 11 is 6.01. The Labute approximate surface area is 303 Å². The summed E-state index contributed by atoms with van der Waals surface area (Å²) in [5, 5.41) is 29.5. The molecule has 0 aliphatic heterocycles. The predicted molar refractivity (Wildman–Crippen MR) is 185 cm³/mol. The largest absolute Gasteiger partial charge is 0.477 e. The SMILES string of the molecule is O=C(O)C(CNC(=O)C(=O)Nc1ccc(CCO)cc1)=NC(=O)c1ccc(Nc2nc(NC3(c4ccc(Cl)cc4)CC3)nc(OCC(F)(F)F)n2)cc1. The van der Waals surface area contributed by atoms with Gasteiger partial charge in [0.25, 0.3) is 5.91 Å². The van der Waals surface area contributed by atoms with Crippen LogP contribution in [-0.2, 0) is 26.3 Å². The summed E-state index contributed by atoms with van der Waals surface area (Å²) < 4.78 is 43.5. The topological polar surface area (TPSA) is 217 Å². The van der Waals surface area contributed by atoms with Gasteiger partial charge in [-0.2, -0.15) is 28.1 Å². The van der Waals surface area contributed by atoms with E-state index >= 15 is 0 Å². The summed E-state index contributed by atoms with van der Waals surface area (Å²) in [7, 11) is 0. The standard InChI is InChI=1S/C34H30ClF3N8O7/c35-22-7-5-21(6-8-22)33(14-15-33)46-31-43-30(44-32(45-31)53-18-34(36,37)38)41-24-11-3-20(4-12-24)26(48)42-25(29(51)52)17-39-27(49)28(50)40-23-9-1-19(2-10-23)13-16-47/h1-12,47H,13-18H2,(H,39,49)(H,40,50)(H,51,52)(H2,41,43,44,45,46). The lowest BCUT2D eigenvalue weighted by Gasteiger charge is -2.19. The van der Waals surface area contributed by atoms with Crippen LogP contribution in [0, 0.1) is 0 Å². The molecule has 19 heteroatoms. The van der Waals surface area contributed by atoms with Crippen LogP contribution in [0.25, 0.3) is 0 Å². The maximum Gasteiger partial charge on any atom is 0.422 e. The molecule has 1 aromatic heterocycles. The summed E-state index contributed by atoms with van der Waals surface area (Å²) in [6.45, 7) is -2.46. The number of aromatic nitrogens is 3. The van der Waals surface area contributed by atoms with Crippen molar-refractivity contribution in [3.8, 4) is 6.01 Å². The van der Waals surface area contributed by atoms with Crippen LogP contribution in [-0.4, -0.2) is 80.5 Å². The molecule has 0 saturated heterocycles. The fourth-order valence-corrected chi connectivity index (χ4v) is 4.89. The number of rotatable bonds is 14. The number of carbonyl (C=O) groups excluding carboxylic acids is 3. The van der Waals surface area contributed by atoms with E-state index in [0.29, 0.717) is 24.3 Å². The highest BCUT2D eigenvalue weighted by Crippen LogP contribution is 2.48. The molecule has 5 rings (SSSR count). The maximum absolute atomic E-state index is 12.9. The molecule has 0 unspecified atom stereocenters. The number of amides is 3. The number of alkyl halides is 3. The summed E-state index contributed by atoms with van der Waals surface area (Å²) in [5.74, 6) is -5.12. The summed E-state index contributed by atoms with van der Waals surface area (Å²) in [6, 6.07) is 18.1. The van der Waals surface area contributed by atoms with Crippen LogP contribution >= 0.6 is 11.6 Å². The van der Waals surface area contributed by atoms with Gasteiger partial charge in [0.05, 0.1) is 12.1 Å². The minimum atomic E-state index is -4.66. The van der Waals surface area contributed by atoms with Crippen molar-refractivity contribution in [1.82, 2.24) is 20.3 Å². The molecule has 3 aromatic carbocycles. The molecule has 53 heavy (non-hydrogen) atoms. The molecule has 1 saturated carbocycles. The van der Waals surface area contributed by atoms with Crippen molar-refractivity contribution in [1.29, 1.82) is 0 Å². The third-order valence-corrected chi connectivity index (χ3v) is 7.84. The number of hydrogen-bond acceptors (Lipinski definition) is 11. The van der Waals surface area contributed by atoms with Crippen LogP contribution in [0.4, 0.5) is 36.4 Å². The summed E-state index contributed by atoms with van der Waals surface area (Å²) in [5.41, 5.74) is 0.851. The van der Waals surface area contributed by atoms with Gasteiger partial charge >= 0.3 is 30.0 Å². The van der Waals surface area contributed by atoms with Gasteiger partial charge in [-0.1, -0.05) is 35.9 Å². The van der Waals surface area contributed by atoms with E-state index in [9.17, 15) is 37.5 Å². The molecule has 276 valence electrons. The minimum Gasteiger partial charge on any atom is -0.477 e. The Kier molecular flexibility index (Phi) is 11.8. The van der Waals surface area contributed by atoms with Gasteiger partial charge in [-0.3, -0.25) is 14.4 Å². The quantitative estimate of drug-likeness (QED) is 0.0786. The highest BCUT2D eigenvalue weighted by molar-refractivity contribution is 6.42. The molecular formula is C34H30ClF3N8O7. The van der Waals surface area contributed by atoms with Crippen molar-refractivity contribution in [2.24, 2.45) is 4.99 Å². The molecule has 15 nitrogen and oxygen atoms in total. The molecule has 1 heterocycles. The number of carboxylic acid groups (broad SMARTS) is 1. The number of carbonyl (C=O) groups is 4. The summed E-state index contributed by atoms with van der Waals surface area (Å²) in [6.07, 6.45) is -2.87. The van der Waals surface area contributed by atoms with Crippen LogP contribution < -0.4 is 26.0 Å². The second-order valence-electron chi connectivity index (χ2n) is 11.6. The number of carboxylic acids is 1. The number of aliphatic carboxylic acids is 1. The van der Waals surface area contributed by atoms with Crippen molar-refractivity contribution in [3.63, 3.8) is 0 Å². The van der Waals surface area contributed by atoms with Crippen LogP contribution in [0.3, 0.4) is 0 Å². The first-order chi connectivity index (χ1) is 25.2. The third-order valence-electron chi connectivity index (χ3n) is 7.58. The predicted octanol–water partition coefficient (Wildman–Crippen LogP) is 4.27. The lowest BCUT2D eigenvalue weighted by molar-refractivity contribution is -0.154. The highest BCUT2D eigenvalue weighted by Gasteiger charge is 2.45. The Morgan fingerprint density at radius 2 is 1.51 bits per heavy atom. The number of hydrogen-bond donors (Lipinski definition) is 6. The fraction of sp³-hybridized carbons (Fsp3) is 0.235. The van der Waals surface area contributed by atoms with Crippen molar-refractivity contribution >= 4 is 64.3 Å².